The number of non-ortho nitro benzene ring substituents is 1. The van der Waals surface area contributed by atoms with E-state index in [1.54, 1.807) is 12.1 Å². The molecule has 1 heterocycles. The van der Waals surface area contributed by atoms with Crippen LogP contribution in [-0.4, -0.2) is 25.8 Å². The molecule has 1 aromatic carbocycles. The normalized spacial score (nSPS) is 16.6. The van der Waals surface area contributed by atoms with E-state index in [1.165, 1.54) is 12.1 Å². The molecule has 0 fully saturated rings. The molecule has 0 bridgehead atoms. The Hall–Kier alpha value is -2.70. The van der Waals surface area contributed by atoms with Crippen LogP contribution in [-0.2, 0) is 17.6 Å². The van der Waals surface area contributed by atoms with Crippen molar-refractivity contribution in [2.75, 3.05) is 0 Å². The summed E-state index contributed by atoms with van der Waals surface area (Å²) < 4.78 is 1.83. The first-order valence-corrected chi connectivity index (χ1v) is 8.08. The number of aryl methyl sites for hydroxylation is 1. The second kappa shape index (κ2) is 6.43. The minimum Gasteiger partial charge on any atom is -0.481 e. The highest BCUT2D eigenvalue weighted by molar-refractivity contribution is 5.68. The summed E-state index contributed by atoms with van der Waals surface area (Å²) in [6.07, 6.45) is 3.48. The highest BCUT2D eigenvalue weighted by atomic mass is 16.6. The van der Waals surface area contributed by atoms with Crippen molar-refractivity contribution >= 4 is 11.7 Å². The molecule has 1 aliphatic carbocycles. The molecule has 1 atom stereocenters. The standard InChI is InChI=1S/C17H19N3O4/c1-2-14-17-11(10-16(21)22)4-3-5-15(17)19(18-14)12-6-8-13(9-7-12)20(23)24/h6-9,11H,2-5,10H2,1H3,(H,21,22). The zero-order valence-electron chi connectivity index (χ0n) is 13.4. The van der Waals surface area contributed by atoms with E-state index in [4.69, 9.17) is 0 Å². The van der Waals surface area contributed by atoms with Gasteiger partial charge >= 0.3 is 5.97 Å². The Bertz CT molecular complexity index is 780. The van der Waals surface area contributed by atoms with Gasteiger partial charge in [0.25, 0.3) is 5.69 Å². The number of carboxylic acids is 1. The minimum absolute atomic E-state index is 0.00648. The van der Waals surface area contributed by atoms with E-state index < -0.39 is 10.9 Å². The SMILES string of the molecule is CCc1nn(-c2ccc([N+](=O)[O-])cc2)c2c1C(CC(=O)O)CCC2. The number of aliphatic carboxylic acids is 1. The molecule has 24 heavy (non-hydrogen) atoms. The van der Waals surface area contributed by atoms with E-state index in [9.17, 15) is 20.0 Å². The Morgan fingerprint density at radius 1 is 1.42 bits per heavy atom. The predicted octanol–water partition coefficient (Wildman–Crippen LogP) is 3.24. The smallest absolute Gasteiger partial charge is 0.303 e. The Labute approximate surface area is 139 Å². The zero-order valence-corrected chi connectivity index (χ0v) is 13.4. The van der Waals surface area contributed by atoms with Crippen LogP contribution < -0.4 is 0 Å². The van der Waals surface area contributed by atoms with Crippen LogP contribution in [0.25, 0.3) is 5.69 Å². The summed E-state index contributed by atoms with van der Waals surface area (Å²) in [5.41, 5.74) is 3.84. The van der Waals surface area contributed by atoms with Crippen molar-refractivity contribution in [3.63, 3.8) is 0 Å². The molecule has 2 aromatic rings. The van der Waals surface area contributed by atoms with Crippen LogP contribution in [0.1, 0.15) is 49.1 Å². The molecule has 0 amide bonds. The van der Waals surface area contributed by atoms with Gasteiger partial charge in [-0.2, -0.15) is 5.10 Å². The van der Waals surface area contributed by atoms with Crippen LogP contribution in [0.5, 0.6) is 0 Å². The van der Waals surface area contributed by atoms with Gasteiger partial charge in [0.15, 0.2) is 0 Å². The molecule has 1 unspecified atom stereocenters. The van der Waals surface area contributed by atoms with E-state index in [0.717, 1.165) is 48.3 Å². The largest absolute Gasteiger partial charge is 0.481 e. The van der Waals surface area contributed by atoms with Gasteiger partial charge in [-0.3, -0.25) is 14.9 Å². The highest BCUT2D eigenvalue weighted by Gasteiger charge is 2.29. The summed E-state index contributed by atoms with van der Waals surface area (Å²) in [6, 6.07) is 6.30. The fourth-order valence-electron chi connectivity index (χ4n) is 3.49. The van der Waals surface area contributed by atoms with Crippen LogP contribution in [0.15, 0.2) is 24.3 Å². The number of aromatic nitrogens is 2. The Morgan fingerprint density at radius 3 is 2.71 bits per heavy atom. The third-order valence-electron chi connectivity index (χ3n) is 4.53. The molecule has 0 saturated carbocycles. The maximum Gasteiger partial charge on any atom is 0.303 e. The number of rotatable bonds is 5. The van der Waals surface area contributed by atoms with Crippen LogP contribution in [0.4, 0.5) is 5.69 Å². The quantitative estimate of drug-likeness (QED) is 0.670. The third kappa shape index (κ3) is 2.89. The van der Waals surface area contributed by atoms with Gasteiger partial charge in [0.05, 0.1) is 22.7 Å². The number of nitrogens with zero attached hydrogens (tertiary/aromatic N) is 3. The average Bonchev–Trinajstić information content (AvgIpc) is 2.94. The fraction of sp³-hybridized carbons (Fsp3) is 0.412. The van der Waals surface area contributed by atoms with Crippen molar-refractivity contribution in [2.24, 2.45) is 0 Å². The molecule has 1 aromatic heterocycles. The van der Waals surface area contributed by atoms with Crippen molar-refractivity contribution in [3.05, 3.63) is 51.3 Å². The number of nitro benzene ring substituents is 1. The van der Waals surface area contributed by atoms with E-state index in [0.29, 0.717) is 0 Å². The van der Waals surface area contributed by atoms with Gasteiger partial charge in [-0.25, -0.2) is 4.68 Å². The number of nitro groups is 1. The van der Waals surface area contributed by atoms with Gasteiger partial charge in [0.1, 0.15) is 0 Å². The maximum absolute atomic E-state index is 11.2. The highest BCUT2D eigenvalue weighted by Crippen LogP contribution is 2.37. The summed E-state index contributed by atoms with van der Waals surface area (Å²) in [7, 11) is 0. The fourth-order valence-corrected chi connectivity index (χ4v) is 3.49. The Morgan fingerprint density at radius 2 is 2.12 bits per heavy atom. The lowest BCUT2D eigenvalue weighted by Gasteiger charge is -2.22. The van der Waals surface area contributed by atoms with E-state index >= 15 is 0 Å². The lowest BCUT2D eigenvalue weighted by molar-refractivity contribution is -0.384. The van der Waals surface area contributed by atoms with Crippen molar-refractivity contribution in [1.29, 1.82) is 0 Å². The molecular weight excluding hydrogens is 310 g/mol. The lowest BCUT2D eigenvalue weighted by atomic mass is 9.82. The molecule has 0 aliphatic heterocycles. The summed E-state index contributed by atoms with van der Waals surface area (Å²) in [5, 5.41) is 24.6. The second-order valence-electron chi connectivity index (χ2n) is 6.03. The summed E-state index contributed by atoms with van der Waals surface area (Å²) >= 11 is 0. The van der Waals surface area contributed by atoms with Crippen LogP contribution in [0.3, 0.4) is 0 Å². The van der Waals surface area contributed by atoms with Gasteiger partial charge < -0.3 is 5.11 Å². The number of hydrogen-bond acceptors (Lipinski definition) is 4. The van der Waals surface area contributed by atoms with Crippen LogP contribution in [0, 0.1) is 10.1 Å². The van der Waals surface area contributed by atoms with Gasteiger partial charge in [0.2, 0.25) is 0 Å². The molecule has 0 spiro atoms. The van der Waals surface area contributed by atoms with Crippen molar-refractivity contribution < 1.29 is 14.8 Å². The topological polar surface area (TPSA) is 98.3 Å². The van der Waals surface area contributed by atoms with Crippen LogP contribution in [0.2, 0.25) is 0 Å². The molecule has 1 aliphatic rings. The molecule has 7 heteroatoms. The second-order valence-corrected chi connectivity index (χ2v) is 6.03. The molecule has 0 radical (unpaired) electrons. The van der Waals surface area contributed by atoms with Gasteiger partial charge in [-0.05, 0) is 43.7 Å². The van der Waals surface area contributed by atoms with Crippen molar-refractivity contribution in [3.8, 4) is 5.69 Å². The molecule has 3 rings (SSSR count). The molecule has 7 nitrogen and oxygen atoms in total. The number of fused-ring (bicyclic) bond motifs is 1. The molecule has 126 valence electrons. The van der Waals surface area contributed by atoms with E-state index in [-0.39, 0.29) is 18.0 Å². The molecular formula is C17H19N3O4. The molecule has 0 saturated heterocycles. The van der Waals surface area contributed by atoms with Crippen molar-refractivity contribution in [1.82, 2.24) is 9.78 Å². The van der Waals surface area contributed by atoms with Crippen molar-refractivity contribution in [2.45, 2.75) is 44.9 Å². The van der Waals surface area contributed by atoms with Crippen LogP contribution >= 0.6 is 0 Å². The predicted molar refractivity (Wildman–Crippen MR) is 87.5 cm³/mol. The first-order chi connectivity index (χ1) is 11.5. The third-order valence-corrected chi connectivity index (χ3v) is 4.53. The van der Waals surface area contributed by atoms with Gasteiger partial charge in [-0.15, -0.1) is 0 Å². The number of carbonyl (C=O) groups is 1. The van der Waals surface area contributed by atoms with E-state index in [1.807, 2.05) is 11.6 Å². The monoisotopic (exact) mass is 329 g/mol. The van der Waals surface area contributed by atoms with Gasteiger partial charge in [-0.1, -0.05) is 6.92 Å². The summed E-state index contributed by atoms with van der Waals surface area (Å²) in [6.45, 7) is 2.01. The number of carboxylic acid groups (broad SMARTS) is 1. The van der Waals surface area contributed by atoms with E-state index in [2.05, 4.69) is 5.10 Å². The zero-order chi connectivity index (χ0) is 17.3. The summed E-state index contributed by atoms with van der Waals surface area (Å²) in [4.78, 5) is 21.5. The lowest BCUT2D eigenvalue weighted by Crippen LogP contribution is -2.15. The average molecular weight is 329 g/mol. The Kier molecular flexibility index (Phi) is 4.33. The first-order valence-electron chi connectivity index (χ1n) is 8.08. The van der Waals surface area contributed by atoms with Gasteiger partial charge in [0, 0.05) is 23.4 Å². The number of hydrogen-bond donors (Lipinski definition) is 1. The summed E-state index contributed by atoms with van der Waals surface area (Å²) in [5.74, 6) is -0.800. The maximum atomic E-state index is 11.2. The number of benzene rings is 1. The first kappa shape index (κ1) is 16.2. The minimum atomic E-state index is -0.794. The Balaban J connectivity index is 2.05. The molecule has 1 N–H and O–H groups in total.